The van der Waals surface area contributed by atoms with Gasteiger partial charge < -0.3 is 14.8 Å². The number of hydrogen-bond acceptors (Lipinski definition) is 1. The summed E-state index contributed by atoms with van der Waals surface area (Å²) < 4.78 is 3.13. The molecule has 5 heteroatoms. The van der Waals surface area contributed by atoms with E-state index in [1.165, 1.54) is 0 Å². The first-order chi connectivity index (χ1) is 15.1. The van der Waals surface area contributed by atoms with Crippen LogP contribution in [0, 0.1) is 6.92 Å². The number of amides is 2. The quantitative estimate of drug-likeness (QED) is 0.347. The normalized spacial score (nSPS) is 15.0. The number of hydrogen-bond donors (Lipinski definition) is 1. The molecule has 4 aromatic rings. The van der Waals surface area contributed by atoms with Crippen LogP contribution >= 0.6 is 15.9 Å². The number of anilines is 1. The van der Waals surface area contributed by atoms with Crippen molar-refractivity contribution in [2.45, 2.75) is 19.5 Å². The average molecular weight is 472 g/mol. The number of fused-ring (bicyclic) bond motifs is 3. The SMILES string of the molecule is Cc1ccccc1[C@H]1c2cccn2-c2ccccc2CN1C(=O)Nc1cccc(Br)c1. The van der Waals surface area contributed by atoms with Crippen LogP contribution in [0.4, 0.5) is 10.5 Å². The van der Waals surface area contributed by atoms with Crippen molar-refractivity contribution >= 4 is 27.6 Å². The highest BCUT2D eigenvalue weighted by Gasteiger charge is 2.33. The molecule has 0 spiro atoms. The van der Waals surface area contributed by atoms with Gasteiger partial charge in [0.1, 0.15) is 6.04 Å². The Morgan fingerprint density at radius 3 is 2.61 bits per heavy atom. The van der Waals surface area contributed by atoms with Gasteiger partial charge in [-0.25, -0.2) is 4.79 Å². The molecule has 0 aliphatic carbocycles. The van der Waals surface area contributed by atoms with Gasteiger partial charge in [0.25, 0.3) is 0 Å². The summed E-state index contributed by atoms with van der Waals surface area (Å²) in [5.41, 5.74) is 6.34. The van der Waals surface area contributed by atoms with E-state index in [9.17, 15) is 4.79 Å². The molecule has 2 heterocycles. The van der Waals surface area contributed by atoms with Gasteiger partial charge in [-0.05, 0) is 60.0 Å². The molecule has 1 atom stereocenters. The molecule has 3 aromatic carbocycles. The minimum atomic E-state index is -0.212. The lowest BCUT2D eigenvalue weighted by Gasteiger charge is -2.32. The number of rotatable bonds is 2. The van der Waals surface area contributed by atoms with E-state index in [1.807, 2.05) is 59.5 Å². The number of carbonyl (C=O) groups excluding carboxylic acids is 1. The van der Waals surface area contributed by atoms with Crippen LogP contribution in [-0.4, -0.2) is 15.5 Å². The van der Waals surface area contributed by atoms with Crippen molar-refractivity contribution in [1.29, 1.82) is 0 Å². The second kappa shape index (κ2) is 8.08. The van der Waals surface area contributed by atoms with Crippen molar-refractivity contribution in [3.8, 4) is 5.69 Å². The zero-order valence-corrected chi connectivity index (χ0v) is 18.7. The predicted molar refractivity (Wildman–Crippen MR) is 127 cm³/mol. The first-order valence-corrected chi connectivity index (χ1v) is 11.1. The molecule has 31 heavy (non-hydrogen) atoms. The molecule has 154 valence electrons. The summed E-state index contributed by atoms with van der Waals surface area (Å²) in [6, 6.07) is 28.1. The van der Waals surface area contributed by atoms with Crippen molar-refractivity contribution in [2.24, 2.45) is 0 Å². The Morgan fingerprint density at radius 1 is 0.968 bits per heavy atom. The number of halogens is 1. The van der Waals surface area contributed by atoms with Crippen molar-refractivity contribution in [3.05, 3.63) is 118 Å². The molecule has 0 bridgehead atoms. The van der Waals surface area contributed by atoms with E-state index in [2.05, 4.69) is 69.3 Å². The number of carbonyl (C=O) groups is 1. The summed E-state index contributed by atoms with van der Waals surface area (Å²) in [7, 11) is 0. The van der Waals surface area contributed by atoms with Gasteiger partial charge in [0.05, 0.1) is 12.2 Å². The Labute approximate surface area is 190 Å². The standard InChI is InChI=1S/C26H22BrN3O/c1-18-8-2-4-12-22(18)25-24-14-7-15-29(24)23-13-5-3-9-19(23)17-30(25)26(31)28-21-11-6-10-20(27)16-21/h2-16,25H,17H2,1H3,(H,28,31)/t25-/m0/s1. The lowest BCUT2D eigenvalue weighted by molar-refractivity contribution is 0.194. The topological polar surface area (TPSA) is 37.3 Å². The van der Waals surface area contributed by atoms with E-state index in [4.69, 9.17) is 0 Å². The second-order valence-corrected chi connectivity index (χ2v) is 8.67. The fourth-order valence-corrected chi connectivity index (χ4v) is 4.72. The van der Waals surface area contributed by atoms with Crippen molar-refractivity contribution < 1.29 is 4.79 Å². The van der Waals surface area contributed by atoms with Gasteiger partial charge >= 0.3 is 6.03 Å². The lowest BCUT2D eigenvalue weighted by Crippen LogP contribution is -2.38. The zero-order chi connectivity index (χ0) is 21.4. The van der Waals surface area contributed by atoms with Crippen LogP contribution in [0.1, 0.15) is 28.4 Å². The fourth-order valence-electron chi connectivity index (χ4n) is 4.32. The molecular weight excluding hydrogens is 450 g/mol. The minimum absolute atomic E-state index is 0.129. The fraction of sp³-hybridized carbons (Fsp3) is 0.115. The van der Waals surface area contributed by atoms with E-state index in [1.54, 1.807) is 0 Å². The summed E-state index contributed by atoms with van der Waals surface area (Å²) in [5, 5.41) is 3.10. The average Bonchev–Trinajstić information content (AvgIpc) is 3.19. The van der Waals surface area contributed by atoms with E-state index >= 15 is 0 Å². The van der Waals surface area contributed by atoms with Crippen molar-refractivity contribution in [2.75, 3.05) is 5.32 Å². The summed E-state index contributed by atoms with van der Waals surface area (Å²) in [4.78, 5) is 15.6. The molecule has 1 N–H and O–H groups in total. The Morgan fingerprint density at radius 2 is 1.77 bits per heavy atom. The van der Waals surface area contributed by atoms with Crippen LogP contribution in [-0.2, 0) is 6.54 Å². The largest absolute Gasteiger partial charge is 0.322 e. The third-order valence-electron chi connectivity index (χ3n) is 5.78. The molecule has 2 amide bonds. The minimum Gasteiger partial charge on any atom is -0.318 e. The monoisotopic (exact) mass is 471 g/mol. The number of urea groups is 1. The molecule has 0 saturated carbocycles. The molecule has 0 fully saturated rings. The maximum Gasteiger partial charge on any atom is 0.322 e. The van der Waals surface area contributed by atoms with Crippen LogP contribution < -0.4 is 5.32 Å². The highest BCUT2D eigenvalue weighted by atomic mass is 79.9. The number of aromatic nitrogens is 1. The van der Waals surface area contributed by atoms with E-state index in [-0.39, 0.29) is 12.1 Å². The first kappa shape index (κ1) is 19.6. The van der Waals surface area contributed by atoms with Crippen molar-refractivity contribution in [3.63, 3.8) is 0 Å². The van der Waals surface area contributed by atoms with Gasteiger partial charge in [-0.2, -0.15) is 0 Å². The highest BCUT2D eigenvalue weighted by molar-refractivity contribution is 9.10. The molecule has 4 nitrogen and oxygen atoms in total. The van der Waals surface area contributed by atoms with Gasteiger partial charge in [0.2, 0.25) is 0 Å². The van der Waals surface area contributed by atoms with Gasteiger partial charge in [0, 0.05) is 22.1 Å². The van der Waals surface area contributed by atoms with E-state index in [0.29, 0.717) is 6.54 Å². The molecule has 0 saturated heterocycles. The molecule has 5 rings (SSSR count). The Balaban J connectivity index is 1.65. The smallest absolute Gasteiger partial charge is 0.318 e. The number of para-hydroxylation sites is 1. The summed E-state index contributed by atoms with van der Waals surface area (Å²) in [6.07, 6.45) is 2.08. The molecule has 0 radical (unpaired) electrons. The lowest BCUT2D eigenvalue weighted by atomic mass is 9.97. The Kier molecular flexibility index (Phi) is 5.12. The van der Waals surface area contributed by atoms with Crippen LogP contribution in [0.3, 0.4) is 0 Å². The van der Waals surface area contributed by atoms with Crippen molar-refractivity contribution in [1.82, 2.24) is 9.47 Å². The molecule has 1 aliphatic rings. The number of aryl methyl sites for hydroxylation is 1. The maximum atomic E-state index is 13.7. The zero-order valence-electron chi connectivity index (χ0n) is 17.1. The maximum absolute atomic E-state index is 13.7. The molecule has 0 unspecified atom stereocenters. The predicted octanol–water partition coefficient (Wildman–Crippen LogP) is 6.69. The number of benzene rings is 3. The van der Waals surface area contributed by atoms with E-state index in [0.717, 1.165) is 38.2 Å². The second-order valence-electron chi connectivity index (χ2n) is 7.76. The van der Waals surface area contributed by atoms with Gasteiger partial charge in [-0.3, -0.25) is 0 Å². The molecule has 1 aliphatic heterocycles. The van der Waals surface area contributed by atoms with Gasteiger partial charge in [-0.15, -0.1) is 0 Å². The third-order valence-corrected chi connectivity index (χ3v) is 6.28. The van der Waals surface area contributed by atoms with Crippen LogP contribution in [0.2, 0.25) is 0 Å². The van der Waals surface area contributed by atoms with Crippen LogP contribution in [0.15, 0.2) is 95.6 Å². The van der Waals surface area contributed by atoms with Gasteiger partial charge in [-0.1, -0.05) is 64.5 Å². The van der Waals surface area contributed by atoms with E-state index < -0.39 is 0 Å². The molecule has 1 aromatic heterocycles. The summed E-state index contributed by atoms with van der Waals surface area (Å²) in [5.74, 6) is 0. The van der Waals surface area contributed by atoms with Gasteiger partial charge in [0.15, 0.2) is 0 Å². The number of nitrogens with one attached hydrogen (secondary N) is 1. The highest BCUT2D eigenvalue weighted by Crippen LogP contribution is 2.38. The van der Waals surface area contributed by atoms with Crippen LogP contribution in [0.25, 0.3) is 5.69 Å². The Hall–Kier alpha value is -3.31. The summed E-state index contributed by atoms with van der Waals surface area (Å²) >= 11 is 3.49. The van der Waals surface area contributed by atoms with Crippen LogP contribution in [0.5, 0.6) is 0 Å². The number of nitrogens with zero attached hydrogens (tertiary/aromatic N) is 2. The molecular formula is C26H22BrN3O. The third kappa shape index (κ3) is 3.66. The first-order valence-electron chi connectivity index (χ1n) is 10.3. The Bertz CT molecular complexity index is 1260. The summed E-state index contributed by atoms with van der Waals surface area (Å²) in [6.45, 7) is 2.61.